The third-order valence-corrected chi connectivity index (χ3v) is 6.35. The molecule has 4 heterocycles. The molecule has 8 nitrogen and oxygen atoms in total. The molecule has 0 saturated carbocycles. The molecule has 0 unspecified atom stereocenters. The van der Waals surface area contributed by atoms with Crippen molar-refractivity contribution in [2.75, 3.05) is 5.32 Å². The zero-order chi connectivity index (χ0) is 24.9. The second-order valence-corrected chi connectivity index (χ2v) is 8.82. The molecule has 2 N–H and O–H groups in total. The molecular weight excluding hydrogens is 438 g/mol. The summed E-state index contributed by atoms with van der Waals surface area (Å²) in [5, 5.41) is 12.9. The van der Waals surface area contributed by atoms with Crippen molar-refractivity contribution in [1.29, 1.82) is 0 Å². The number of carbonyl (C=O) groups excluding carboxylic acids is 1. The fraction of sp³-hybridized carbons (Fsp3) is 0.185. The van der Waals surface area contributed by atoms with Crippen LogP contribution >= 0.6 is 0 Å². The summed E-state index contributed by atoms with van der Waals surface area (Å²) < 4.78 is 3.60. The number of aryl methyl sites for hydroxylation is 5. The second kappa shape index (κ2) is 8.39. The molecule has 0 bridgehead atoms. The molecule has 0 atom stereocenters. The number of hydrogen-bond acceptors (Lipinski definition) is 4. The first-order chi connectivity index (χ1) is 16.8. The number of aromatic amines is 1. The number of anilines is 1. The lowest BCUT2D eigenvalue weighted by Gasteiger charge is -2.12. The van der Waals surface area contributed by atoms with Crippen molar-refractivity contribution >= 4 is 22.6 Å². The normalized spacial score (nSPS) is 11.2. The summed E-state index contributed by atoms with van der Waals surface area (Å²) in [4.78, 5) is 20.4. The number of rotatable bonds is 5. The minimum absolute atomic E-state index is 0.246. The Morgan fingerprint density at radius 1 is 1.06 bits per heavy atom. The maximum atomic E-state index is 12.1. The van der Waals surface area contributed by atoms with Crippen LogP contribution in [0.25, 0.3) is 44.5 Å². The van der Waals surface area contributed by atoms with Gasteiger partial charge in [-0.2, -0.15) is 10.2 Å². The van der Waals surface area contributed by atoms with Crippen LogP contribution in [0.1, 0.15) is 16.8 Å². The Kier molecular flexibility index (Phi) is 5.36. The average molecular weight is 466 g/mol. The van der Waals surface area contributed by atoms with Crippen LogP contribution in [0.2, 0.25) is 0 Å². The number of amides is 1. The van der Waals surface area contributed by atoms with E-state index in [1.807, 2.05) is 69.5 Å². The molecule has 0 aliphatic heterocycles. The number of fused-ring (bicyclic) bond motifs is 1. The van der Waals surface area contributed by atoms with Gasteiger partial charge in [0.1, 0.15) is 5.65 Å². The Morgan fingerprint density at radius 2 is 1.86 bits per heavy atom. The van der Waals surface area contributed by atoms with Crippen LogP contribution in [0, 0.1) is 20.8 Å². The Labute approximate surface area is 203 Å². The molecule has 176 valence electrons. The van der Waals surface area contributed by atoms with Crippen molar-refractivity contribution < 1.29 is 4.79 Å². The van der Waals surface area contributed by atoms with Crippen LogP contribution in [0.3, 0.4) is 0 Å². The maximum Gasteiger partial charge on any atom is 0.247 e. The molecular formula is C27H27N7O. The van der Waals surface area contributed by atoms with Crippen molar-refractivity contribution in [1.82, 2.24) is 29.5 Å². The molecule has 5 rings (SSSR count). The molecule has 4 aromatic heterocycles. The lowest BCUT2D eigenvalue weighted by atomic mass is 9.93. The molecule has 8 heteroatoms. The summed E-state index contributed by atoms with van der Waals surface area (Å²) in [6, 6.07) is 6.08. The van der Waals surface area contributed by atoms with E-state index in [1.54, 1.807) is 4.68 Å². The van der Waals surface area contributed by atoms with Gasteiger partial charge in [0.15, 0.2) is 0 Å². The Bertz CT molecular complexity index is 1620. The van der Waals surface area contributed by atoms with Crippen LogP contribution < -0.4 is 5.32 Å². The maximum absolute atomic E-state index is 12.1. The van der Waals surface area contributed by atoms with Gasteiger partial charge in [-0.15, -0.1) is 0 Å². The number of aromatic nitrogens is 6. The van der Waals surface area contributed by atoms with Gasteiger partial charge in [0.25, 0.3) is 0 Å². The summed E-state index contributed by atoms with van der Waals surface area (Å²) >= 11 is 0. The van der Waals surface area contributed by atoms with Gasteiger partial charge in [0.05, 0.1) is 17.6 Å². The molecule has 0 aliphatic rings. The van der Waals surface area contributed by atoms with Gasteiger partial charge in [-0.3, -0.25) is 14.2 Å². The van der Waals surface area contributed by atoms with Crippen molar-refractivity contribution in [3.05, 3.63) is 72.5 Å². The lowest BCUT2D eigenvalue weighted by Crippen LogP contribution is -2.08. The standard InChI is InChI=1S/C27H27N7O/c1-7-23(35)30-22-10-18(9-8-15(22)2)25-24-16(3)20(21-14-34(6)32-17(21)4)12-28-27(24)31-26(25)19-11-29-33(5)13-19/h7-14H,1H2,2-6H3,(H,28,31)(H,30,35). The van der Waals surface area contributed by atoms with Crippen LogP contribution in [0.5, 0.6) is 0 Å². The van der Waals surface area contributed by atoms with Gasteiger partial charge >= 0.3 is 0 Å². The van der Waals surface area contributed by atoms with E-state index in [2.05, 4.69) is 40.1 Å². The second-order valence-electron chi connectivity index (χ2n) is 8.82. The minimum Gasteiger partial charge on any atom is -0.339 e. The molecule has 35 heavy (non-hydrogen) atoms. The zero-order valence-electron chi connectivity index (χ0n) is 20.5. The summed E-state index contributed by atoms with van der Waals surface area (Å²) in [6.07, 6.45) is 9.01. The molecule has 1 aromatic carbocycles. The topological polar surface area (TPSA) is 93.4 Å². The van der Waals surface area contributed by atoms with E-state index < -0.39 is 0 Å². The number of pyridine rings is 1. The van der Waals surface area contributed by atoms with Gasteiger partial charge < -0.3 is 10.3 Å². The third kappa shape index (κ3) is 3.82. The van der Waals surface area contributed by atoms with Crippen LogP contribution in [0.15, 0.2) is 55.6 Å². The molecule has 0 spiro atoms. The van der Waals surface area contributed by atoms with Gasteiger partial charge in [0, 0.05) is 66.0 Å². The van der Waals surface area contributed by atoms with Crippen molar-refractivity contribution in [3.63, 3.8) is 0 Å². The number of nitrogens with one attached hydrogen (secondary N) is 2. The Morgan fingerprint density at radius 3 is 2.51 bits per heavy atom. The highest BCUT2D eigenvalue weighted by Crippen LogP contribution is 2.42. The monoisotopic (exact) mass is 465 g/mol. The first-order valence-corrected chi connectivity index (χ1v) is 11.3. The van der Waals surface area contributed by atoms with E-state index in [-0.39, 0.29) is 5.91 Å². The lowest BCUT2D eigenvalue weighted by molar-refractivity contribution is -0.111. The first-order valence-electron chi connectivity index (χ1n) is 11.3. The van der Waals surface area contributed by atoms with Crippen molar-refractivity contribution in [2.45, 2.75) is 20.8 Å². The van der Waals surface area contributed by atoms with Gasteiger partial charge in [0.2, 0.25) is 5.91 Å². The predicted molar refractivity (Wildman–Crippen MR) is 139 cm³/mol. The third-order valence-electron chi connectivity index (χ3n) is 6.35. The number of H-pyrrole nitrogens is 1. The van der Waals surface area contributed by atoms with Gasteiger partial charge in [-0.1, -0.05) is 18.7 Å². The molecule has 0 fully saturated rings. The number of carbonyl (C=O) groups is 1. The van der Waals surface area contributed by atoms with Gasteiger partial charge in [-0.25, -0.2) is 4.98 Å². The number of hydrogen-bond donors (Lipinski definition) is 2. The van der Waals surface area contributed by atoms with E-state index in [1.165, 1.54) is 6.08 Å². The summed E-state index contributed by atoms with van der Waals surface area (Å²) in [6.45, 7) is 9.66. The van der Waals surface area contributed by atoms with E-state index in [0.29, 0.717) is 0 Å². The highest BCUT2D eigenvalue weighted by atomic mass is 16.1. The fourth-order valence-corrected chi connectivity index (χ4v) is 4.60. The van der Waals surface area contributed by atoms with Crippen LogP contribution in [0.4, 0.5) is 5.69 Å². The van der Waals surface area contributed by atoms with Crippen LogP contribution in [-0.4, -0.2) is 35.4 Å². The van der Waals surface area contributed by atoms with E-state index >= 15 is 0 Å². The zero-order valence-corrected chi connectivity index (χ0v) is 20.5. The van der Waals surface area contributed by atoms with E-state index in [0.717, 1.165) is 67.1 Å². The Balaban J connectivity index is 1.81. The average Bonchev–Trinajstić information content (AvgIpc) is 3.52. The van der Waals surface area contributed by atoms with Crippen LogP contribution in [-0.2, 0) is 18.9 Å². The SMILES string of the molecule is C=CC(=O)Nc1cc(-c2c(-c3cnn(C)c3)[nH]c3ncc(-c4cn(C)nc4C)c(C)c23)ccc1C. The predicted octanol–water partition coefficient (Wildman–Crippen LogP) is 5.08. The minimum atomic E-state index is -0.246. The van der Waals surface area contributed by atoms with E-state index in [4.69, 9.17) is 4.98 Å². The first kappa shape index (κ1) is 22.3. The van der Waals surface area contributed by atoms with Crippen molar-refractivity contribution in [3.8, 4) is 33.5 Å². The number of benzene rings is 1. The number of nitrogens with zero attached hydrogens (tertiary/aromatic N) is 5. The smallest absolute Gasteiger partial charge is 0.247 e. The molecule has 0 saturated heterocycles. The van der Waals surface area contributed by atoms with E-state index in [9.17, 15) is 4.79 Å². The fourth-order valence-electron chi connectivity index (χ4n) is 4.60. The van der Waals surface area contributed by atoms with Crippen molar-refractivity contribution in [2.24, 2.45) is 14.1 Å². The highest BCUT2D eigenvalue weighted by molar-refractivity contribution is 6.07. The molecule has 0 radical (unpaired) electrons. The molecule has 1 amide bonds. The largest absolute Gasteiger partial charge is 0.339 e. The summed E-state index contributed by atoms with van der Waals surface area (Å²) in [7, 11) is 3.82. The highest BCUT2D eigenvalue weighted by Gasteiger charge is 2.22. The summed E-state index contributed by atoms with van der Waals surface area (Å²) in [5.74, 6) is -0.246. The molecule has 0 aliphatic carbocycles. The quantitative estimate of drug-likeness (QED) is 0.354. The Hall–Kier alpha value is -4.46. The summed E-state index contributed by atoms with van der Waals surface area (Å²) in [5.41, 5.74) is 10.5. The molecule has 5 aromatic rings. The van der Waals surface area contributed by atoms with Gasteiger partial charge in [-0.05, 0) is 49.6 Å².